The zero-order valence-corrected chi connectivity index (χ0v) is 11.7. The van der Waals surface area contributed by atoms with Crippen molar-refractivity contribution in [1.29, 1.82) is 0 Å². The van der Waals surface area contributed by atoms with Crippen LogP contribution in [0.25, 0.3) is 0 Å². The summed E-state index contributed by atoms with van der Waals surface area (Å²) in [6.45, 7) is 2.04. The van der Waals surface area contributed by atoms with Crippen molar-refractivity contribution < 1.29 is 4.74 Å². The van der Waals surface area contributed by atoms with Gasteiger partial charge in [0.1, 0.15) is 0 Å². The predicted molar refractivity (Wildman–Crippen MR) is 78.3 cm³/mol. The molecular weight excluding hydrogens is 234 g/mol. The van der Waals surface area contributed by atoms with Gasteiger partial charge < -0.3 is 10.1 Å². The molecular formula is C17H25NO. The summed E-state index contributed by atoms with van der Waals surface area (Å²) >= 11 is 0. The van der Waals surface area contributed by atoms with Crippen LogP contribution in [0.1, 0.15) is 37.7 Å². The Balaban J connectivity index is 1.50. The maximum Gasteiger partial charge on any atom is 0.0744 e. The summed E-state index contributed by atoms with van der Waals surface area (Å²) in [7, 11) is 0. The molecule has 1 saturated carbocycles. The van der Waals surface area contributed by atoms with Crippen LogP contribution in [-0.2, 0) is 11.2 Å². The fourth-order valence-electron chi connectivity index (χ4n) is 3.53. The van der Waals surface area contributed by atoms with Crippen molar-refractivity contribution in [2.45, 2.75) is 50.7 Å². The van der Waals surface area contributed by atoms with Gasteiger partial charge in [-0.05, 0) is 24.3 Å². The van der Waals surface area contributed by atoms with E-state index in [1.807, 2.05) is 0 Å². The van der Waals surface area contributed by atoms with Crippen molar-refractivity contribution >= 4 is 0 Å². The van der Waals surface area contributed by atoms with Crippen molar-refractivity contribution in [2.24, 2.45) is 5.92 Å². The summed E-state index contributed by atoms with van der Waals surface area (Å²) in [4.78, 5) is 0. The van der Waals surface area contributed by atoms with Crippen LogP contribution in [0.4, 0.5) is 0 Å². The molecule has 2 nitrogen and oxygen atoms in total. The Morgan fingerprint density at radius 1 is 1.00 bits per heavy atom. The third-order valence-electron chi connectivity index (χ3n) is 4.51. The van der Waals surface area contributed by atoms with Crippen LogP contribution in [-0.4, -0.2) is 25.3 Å². The number of hydrogen-bond donors (Lipinski definition) is 1. The fourth-order valence-corrected chi connectivity index (χ4v) is 3.53. The second-order valence-corrected chi connectivity index (χ2v) is 6.11. The normalized spacial score (nSPS) is 28.6. The summed E-state index contributed by atoms with van der Waals surface area (Å²) in [6, 6.07) is 10.7. The van der Waals surface area contributed by atoms with E-state index in [2.05, 4.69) is 35.6 Å². The minimum absolute atomic E-state index is 0.350. The highest BCUT2D eigenvalue weighted by Crippen LogP contribution is 2.30. The van der Waals surface area contributed by atoms with E-state index in [4.69, 9.17) is 4.74 Å². The molecule has 2 fully saturated rings. The van der Waals surface area contributed by atoms with Gasteiger partial charge in [-0.2, -0.15) is 0 Å². The van der Waals surface area contributed by atoms with Gasteiger partial charge in [-0.1, -0.05) is 56.0 Å². The number of benzene rings is 1. The second kappa shape index (κ2) is 6.53. The third kappa shape index (κ3) is 3.80. The largest absolute Gasteiger partial charge is 0.372 e. The van der Waals surface area contributed by atoms with Gasteiger partial charge in [0.05, 0.1) is 12.2 Å². The first-order chi connectivity index (χ1) is 9.40. The van der Waals surface area contributed by atoms with E-state index >= 15 is 0 Å². The van der Waals surface area contributed by atoms with Crippen LogP contribution in [0, 0.1) is 5.92 Å². The van der Waals surface area contributed by atoms with Crippen molar-refractivity contribution in [1.82, 2.24) is 5.32 Å². The Hall–Kier alpha value is -0.860. The molecule has 0 amide bonds. The molecule has 1 aromatic rings. The molecule has 1 aromatic carbocycles. The van der Waals surface area contributed by atoms with Gasteiger partial charge in [-0.15, -0.1) is 0 Å². The van der Waals surface area contributed by atoms with Gasteiger partial charge in [-0.25, -0.2) is 0 Å². The Morgan fingerprint density at radius 3 is 2.53 bits per heavy atom. The molecule has 0 spiro atoms. The van der Waals surface area contributed by atoms with Gasteiger partial charge in [0, 0.05) is 13.1 Å². The van der Waals surface area contributed by atoms with E-state index in [9.17, 15) is 0 Å². The molecule has 0 aromatic heterocycles. The van der Waals surface area contributed by atoms with E-state index in [0.717, 1.165) is 25.4 Å². The molecule has 2 unspecified atom stereocenters. The molecule has 2 aliphatic rings. The first kappa shape index (κ1) is 13.1. The molecule has 1 saturated heterocycles. The topological polar surface area (TPSA) is 21.3 Å². The first-order valence-electron chi connectivity index (χ1n) is 7.80. The highest BCUT2D eigenvalue weighted by molar-refractivity contribution is 5.15. The molecule has 1 aliphatic carbocycles. The maximum atomic E-state index is 6.29. The SMILES string of the molecule is c1ccc(CC2CNCC(CC3CCCC3)O2)cc1. The lowest BCUT2D eigenvalue weighted by atomic mass is 9.98. The highest BCUT2D eigenvalue weighted by atomic mass is 16.5. The Labute approximate surface area is 116 Å². The molecule has 0 radical (unpaired) electrons. The molecule has 2 atom stereocenters. The van der Waals surface area contributed by atoms with Crippen molar-refractivity contribution in [3.63, 3.8) is 0 Å². The molecule has 2 heteroatoms. The van der Waals surface area contributed by atoms with E-state index in [1.54, 1.807) is 0 Å². The summed E-state index contributed by atoms with van der Waals surface area (Å²) in [5.74, 6) is 0.919. The third-order valence-corrected chi connectivity index (χ3v) is 4.51. The van der Waals surface area contributed by atoms with Crippen LogP contribution in [0.5, 0.6) is 0 Å². The molecule has 19 heavy (non-hydrogen) atoms. The maximum absolute atomic E-state index is 6.29. The van der Waals surface area contributed by atoms with E-state index in [0.29, 0.717) is 12.2 Å². The summed E-state index contributed by atoms with van der Waals surface area (Å²) in [5, 5.41) is 3.55. The van der Waals surface area contributed by atoms with Crippen LogP contribution < -0.4 is 5.32 Å². The van der Waals surface area contributed by atoms with Gasteiger partial charge in [0.15, 0.2) is 0 Å². The smallest absolute Gasteiger partial charge is 0.0744 e. The Bertz CT molecular complexity index is 372. The summed E-state index contributed by atoms with van der Waals surface area (Å²) < 4.78 is 6.29. The van der Waals surface area contributed by atoms with E-state index in [1.165, 1.54) is 37.7 Å². The lowest BCUT2D eigenvalue weighted by Gasteiger charge is -2.32. The standard InChI is InChI=1S/C17H25NO/c1-2-6-14(7-3-1)10-16-12-18-13-17(19-16)11-15-8-4-5-9-15/h1-3,6-7,15-18H,4-5,8-13H2. The van der Waals surface area contributed by atoms with Crippen LogP contribution >= 0.6 is 0 Å². The first-order valence-corrected chi connectivity index (χ1v) is 7.80. The number of ether oxygens (including phenoxy) is 1. The molecule has 1 N–H and O–H groups in total. The van der Waals surface area contributed by atoms with Crippen LogP contribution in [0.15, 0.2) is 30.3 Å². The van der Waals surface area contributed by atoms with Gasteiger partial charge in [0.2, 0.25) is 0 Å². The predicted octanol–water partition coefficient (Wildman–Crippen LogP) is 3.17. The molecule has 104 valence electrons. The van der Waals surface area contributed by atoms with Crippen molar-refractivity contribution in [3.05, 3.63) is 35.9 Å². The zero-order chi connectivity index (χ0) is 12.9. The zero-order valence-electron chi connectivity index (χ0n) is 11.7. The Kier molecular flexibility index (Phi) is 4.52. The average molecular weight is 259 g/mol. The quantitative estimate of drug-likeness (QED) is 0.897. The fraction of sp³-hybridized carbons (Fsp3) is 0.647. The lowest BCUT2D eigenvalue weighted by Crippen LogP contribution is -2.46. The van der Waals surface area contributed by atoms with E-state index in [-0.39, 0.29) is 0 Å². The van der Waals surface area contributed by atoms with Crippen LogP contribution in [0.2, 0.25) is 0 Å². The second-order valence-electron chi connectivity index (χ2n) is 6.11. The monoisotopic (exact) mass is 259 g/mol. The van der Waals surface area contributed by atoms with Gasteiger partial charge >= 0.3 is 0 Å². The van der Waals surface area contributed by atoms with Gasteiger partial charge in [0.25, 0.3) is 0 Å². The summed E-state index contributed by atoms with van der Waals surface area (Å²) in [6.07, 6.45) is 8.78. The number of morpholine rings is 1. The van der Waals surface area contributed by atoms with E-state index < -0.39 is 0 Å². The molecule has 1 heterocycles. The average Bonchev–Trinajstić information content (AvgIpc) is 2.93. The summed E-state index contributed by atoms with van der Waals surface area (Å²) in [5.41, 5.74) is 1.39. The minimum atomic E-state index is 0.350. The molecule has 0 bridgehead atoms. The number of nitrogens with one attached hydrogen (secondary N) is 1. The number of rotatable bonds is 4. The van der Waals surface area contributed by atoms with Crippen molar-refractivity contribution in [2.75, 3.05) is 13.1 Å². The van der Waals surface area contributed by atoms with Crippen molar-refractivity contribution in [3.8, 4) is 0 Å². The molecule has 1 aliphatic heterocycles. The molecule has 3 rings (SSSR count). The lowest BCUT2D eigenvalue weighted by molar-refractivity contribution is -0.0463. The minimum Gasteiger partial charge on any atom is -0.372 e. The highest BCUT2D eigenvalue weighted by Gasteiger charge is 2.26. The van der Waals surface area contributed by atoms with Gasteiger partial charge in [-0.3, -0.25) is 0 Å². The van der Waals surface area contributed by atoms with Crippen LogP contribution in [0.3, 0.4) is 0 Å². The number of hydrogen-bond acceptors (Lipinski definition) is 2. The Morgan fingerprint density at radius 2 is 1.74 bits per heavy atom.